The molecular formula is C13H16N2O4. The summed E-state index contributed by atoms with van der Waals surface area (Å²) in [6, 6.07) is 3.28. The van der Waals surface area contributed by atoms with Crippen molar-refractivity contribution < 1.29 is 19.4 Å². The van der Waals surface area contributed by atoms with Crippen molar-refractivity contribution in [3.05, 3.63) is 35.7 Å². The molecule has 0 aromatic carbocycles. The van der Waals surface area contributed by atoms with Crippen molar-refractivity contribution in [1.82, 2.24) is 10.3 Å². The highest BCUT2D eigenvalue weighted by molar-refractivity contribution is 5.97. The van der Waals surface area contributed by atoms with Crippen LogP contribution in [-0.2, 0) is 9.53 Å². The maximum absolute atomic E-state index is 11.9. The second-order valence-corrected chi connectivity index (χ2v) is 3.72. The second kappa shape index (κ2) is 7.99. The van der Waals surface area contributed by atoms with E-state index in [4.69, 9.17) is 9.84 Å². The van der Waals surface area contributed by atoms with Gasteiger partial charge in [0.1, 0.15) is 5.69 Å². The number of methoxy groups -OCH3 is 1. The zero-order chi connectivity index (χ0) is 14.1. The summed E-state index contributed by atoms with van der Waals surface area (Å²) >= 11 is 0. The molecule has 0 spiro atoms. The summed E-state index contributed by atoms with van der Waals surface area (Å²) in [5.41, 5.74) is 0.673. The van der Waals surface area contributed by atoms with Gasteiger partial charge in [0.15, 0.2) is 0 Å². The van der Waals surface area contributed by atoms with E-state index in [1.807, 2.05) is 0 Å². The van der Waals surface area contributed by atoms with Gasteiger partial charge >= 0.3 is 5.97 Å². The highest BCUT2D eigenvalue weighted by Crippen LogP contribution is 2.07. The first-order valence-electron chi connectivity index (χ1n) is 5.78. The Labute approximate surface area is 111 Å². The number of pyridine rings is 1. The van der Waals surface area contributed by atoms with E-state index in [0.717, 1.165) is 6.08 Å². The third-order valence-electron chi connectivity index (χ3n) is 2.27. The summed E-state index contributed by atoms with van der Waals surface area (Å²) in [7, 11) is 1.59. The summed E-state index contributed by atoms with van der Waals surface area (Å²) in [5.74, 6) is -1.41. The molecule has 1 rings (SSSR count). The molecule has 0 saturated heterocycles. The minimum absolute atomic E-state index is 0.206. The molecular weight excluding hydrogens is 248 g/mol. The van der Waals surface area contributed by atoms with Crippen LogP contribution in [0.25, 0.3) is 6.08 Å². The monoisotopic (exact) mass is 264 g/mol. The summed E-state index contributed by atoms with van der Waals surface area (Å²) in [6.07, 6.45) is 4.51. The number of carboxylic acids is 1. The predicted molar refractivity (Wildman–Crippen MR) is 69.7 cm³/mol. The number of rotatable bonds is 7. The smallest absolute Gasteiger partial charge is 0.328 e. The summed E-state index contributed by atoms with van der Waals surface area (Å²) in [5, 5.41) is 11.3. The number of aromatic nitrogens is 1. The number of amides is 1. The predicted octanol–water partition coefficient (Wildman–Crippen LogP) is 0.946. The molecule has 1 aromatic rings. The number of ether oxygens (including phenoxy) is 1. The van der Waals surface area contributed by atoms with Crippen molar-refractivity contribution in [1.29, 1.82) is 0 Å². The van der Waals surface area contributed by atoms with Crippen molar-refractivity contribution in [2.24, 2.45) is 0 Å². The lowest BCUT2D eigenvalue weighted by atomic mass is 10.1. The summed E-state index contributed by atoms with van der Waals surface area (Å²) in [6.45, 7) is 1.04. The van der Waals surface area contributed by atoms with Crippen LogP contribution in [0.1, 0.15) is 22.5 Å². The van der Waals surface area contributed by atoms with E-state index in [1.54, 1.807) is 19.2 Å². The largest absolute Gasteiger partial charge is 0.478 e. The molecule has 1 heterocycles. The van der Waals surface area contributed by atoms with Gasteiger partial charge in [0.2, 0.25) is 0 Å². The van der Waals surface area contributed by atoms with Gasteiger partial charge in [-0.2, -0.15) is 0 Å². The Morgan fingerprint density at radius 2 is 2.32 bits per heavy atom. The van der Waals surface area contributed by atoms with Gasteiger partial charge < -0.3 is 15.2 Å². The number of carbonyl (C=O) groups is 2. The van der Waals surface area contributed by atoms with Crippen molar-refractivity contribution in [2.75, 3.05) is 20.3 Å². The van der Waals surface area contributed by atoms with Crippen molar-refractivity contribution in [3.63, 3.8) is 0 Å². The van der Waals surface area contributed by atoms with Crippen molar-refractivity contribution >= 4 is 18.0 Å². The van der Waals surface area contributed by atoms with E-state index in [1.165, 1.54) is 12.3 Å². The Balaban J connectivity index is 2.71. The van der Waals surface area contributed by atoms with E-state index in [-0.39, 0.29) is 11.6 Å². The molecule has 0 saturated carbocycles. The third-order valence-corrected chi connectivity index (χ3v) is 2.27. The van der Waals surface area contributed by atoms with E-state index >= 15 is 0 Å². The molecule has 0 aliphatic heterocycles. The first-order valence-corrected chi connectivity index (χ1v) is 5.78. The summed E-state index contributed by atoms with van der Waals surface area (Å²) in [4.78, 5) is 26.3. The molecule has 0 radical (unpaired) electrons. The Morgan fingerprint density at radius 1 is 1.53 bits per heavy atom. The standard InChI is InChI=1S/C13H16N2O4/c1-19-9-3-8-15-13(18)12-10(4-2-7-14-12)5-6-11(16)17/h2,4-7H,3,8-9H2,1H3,(H,15,18)(H,16,17)/b6-5+. The van der Waals surface area contributed by atoms with Crippen molar-refractivity contribution in [2.45, 2.75) is 6.42 Å². The molecule has 0 fully saturated rings. The van der Waals surface area contributed by atoms with Crippen LogP contribution in [0.3, 0.4) is 0 Å². The molecule has 6 nitrogen and oxygen atoms in total. The number of carboxylic acid groups (broad SMARTS) is 1. The van der Waals surface area contributed by atoms with E-state index in [2.05, 4.69) is 10.3 Å². The molecule has 1 aromatic heterocycles. The van der Waals surface area contributed by atoms with Crippen LogP contribution in [0.4, 0.5) is 0 Å². The highest BCUT2D eigenvalue weighted by Gasteiger charge is 2.10. The topological polar surface area (TPSA) is 88.5 Å². The Kier molecular flexibility index (Phi) is 6.25. The number of aliphatic carboxylic acids is 1. The van der Waals surface area contributed by atoms with Crippen molar-refractivity contribution in [3.8, 4) is 0 Å². The minimum Gasteiger partial charge on any atom is -0.478 e. The Morgan fingerprint density at radius 3 is 3.00 bits per heavy atom. The molecule has 1 amide bonds. The number of carbonyl (C=O) groups excluding carboxylic acids is 1. The molecule has 0 atom stereocenters. The molecule has 0 aliphatic rings. The van der Waals surface area contributed by atoms with Crippen LogP contribution in [-0.4, -0.2) is 42.2 Å². The van der Waals surface area contributed by atoms with Crippen LogP contribution in [0.2, 0.25) is 0 Å². The maximum Gasteiger partial charge on any atom is 0.328 e. The minimum atomic E-state index is -1.07. The van der Waals surface area contributed by atoms with Crippen LogP contribution in [0.15, 0.2) is 24.4 Å². The highest BCUT2D eigenvalue weighted by atomic mass is 16.5. The SMILES string of the molecule is COCCCNC(=O)c1ncccc1/C=C/C(=O)O. The van der Waals surface area contributed by atoms with Gasteiger partial charge in [0.25, 0.3) is 5.91 Å². The molecule has 19 heavy (non-hydrogen) atoms. The molecule has 0 aliphatic carbocycles. The van der Waals surface area contributed by atoms with Crippen LogP contribution >= 0.6 is 0 Å². The molecule has 0 unspecified atom stereocenters. The number of hydrogen-bond acceptors (Lipinski definition) is 4. The lowest BCUT2D eigenvalue weighted by molar-refractivity contribution is -0.131. The van der Waals surface area contributed by atoms with Gasteiger partial charge in [-0.1, -0.05) is 6.07 Å². The van der Waals surface area contributed by atoms with Gasteiger partial charge in [0, 0.05) is 38.1 Å². The van der Waals surface area contributed by atoms with Crippen LogP contribution < -0.4 is 5.32 Å². The normalized spacial score (nSPS) is 10.6. The zero-order valence-electron chi connectivity index (χ0n) is 10.6. The van der Waals surface area contributed by atoms with Gasteiger partial charge in [-0.05, 0) is 18.6 Å². The van der Waals surface area contributed by atoms with Gasteiger partial charge in [-0.25, -0.2) is 4.79 Å². The molecule has 2 N–H and O–H groups in total. The van der Waals surface area contributed by atoms with E-state index < -0.39 is 5.97 Å². The lowest BCUT2D eigenvalue weighted by Crippen LogP contribution is -2.26. The average Bonchev–Trinajstić information content (AvgIpc) is 2.41. The number of hydrogen-bond donors (Lipinski definition) is 2. The van der Waals surface area contributed by atoms with Gasteiger partial charge in [-0.15, -0.1) is 0 Å². The molecule has 6 heteroatoms. The van der Waals surface area contributed by atoms with Crippen LogP contribution in [0, 0.1) is 0 Å². The molecule has 0 bridgehead atoms. The Hall–Kier alpha value is -2.21. The average molecular weight is 264 g/mol. The molecule has 102 valence electrons. The Bertz CT molecular complexity index is 471. The van der Waals surface area contributed by atoms with E-state index in [9.17, 15) is 9.59 Å². The van der Waals surface area contributed by atoms with E-state index in [0.29, 0.717) is 25.1 Å². The first-order chi connectivity index (χ1) is 9.15. The third kappa shape index (κ3) is 5.31. The lowest BCUT2D eigenvalue weighted by Gasteiger charge is -2.06. The van der Waals surface area contributed by atoms with Gasteiger partial charge in [-0.3, -0.25) is 9.78 Å². The maximum atomic E-state index is 11.9. The quantitative estimate of drug-likeness (QED) is 0.565. The number of nitrogens with one attached hydrogen (secondary N) is 1. The van der Waals surface area contributed by atoms with Crippen LogP contribution in [0.5, 0.6) is 0 Å². The number of nitrogens with zero attached hydrogens (tertiary/aromatic N) is 1. The fourth-order valence-electron chi connectivity index (χ4n) is 1.41. The fourth-order valence-corrected chi connectivity index (χ4v) is 1.41. The summed E-state index contributed by atoms with van der Waals surface area (Å²) < 4.78 is 4.87. The fraction of sp³-hybridized carbons (Fsp3) is 0.308. The first kappa shape index (κ1) is 14.8. The second-order valence-electron chi connectivity index (χ2n) is 3.72. The zero-order valence-corrected chi connectivity index (χ0v) is 10.6. The van der Waals surface area contributed by atoms with Gasteiger partial charge in [0.05, 0.1) is 0 Å².